The molecule has 0 unspecified atom stereocenters. The van der Waals surface area contributed by atoms with Gasteiger partial charge in [-0.2, -0.15) is 0 Å². The van der Waals surface area contributed by atoms with Gasteiger partial charge in [0.25, 0.3) is 5.91 Å². The molecule has 32 heavy (non-hydrogen) atoms. The zero-order chi connectivity index (χ0) is 23.5. The SMILES string of the molecule is CCCCCCCCCCCCCCCC[N+](C)(C)NC(=O)CCC(=O)N1CCCCC1. The maximum absolute atomic E-state index is 12.3. The summed E-state index contributed by atoms with van der Waals surface area (Å²) in [6.45, 7) is 4.95. The van der Waals surface area contributed by atoms with Gasteiger partial charge in [-0.1, -0.05) is 84.0 Å². The molecule has 0 aliphatic carbocycles. The van der Waals surface area contributed by atoms with E-state index in [-0.39, 0.29) is 11.8 Å². The Hall–Kier alpha value is -1.10. The van der Waals surface area contributed by atoms with E-state index in [1.807, 2.05) is 19.0 Å². The van der Waals surface area contributed by atoms with E-state index in [1.165, 1.54) is 89.9 Å². The van der Waals surface area contributed by atoms with E-state index >= 15 is 0 Å². The smallest absolute Gasteiger partial charge is 0.265 e. The first-order valence-electron chi connectivity index (χ1n) is 13.9. The number of nitrogens with one attached hydrogen (secondary N) is 1. The number of nitrogens with zero attached hydrogens (tertiary/aromatic N) is 2. The Labute approximate surface area is 199 Å². The van der Waals surface area contributed by atoms with E-state index in [1.54, 1.807) is 0 Å². The average Bonchev–Trinajstić information content (AvgIpc) is 2.78. The van der Waals surface area contributed by atoms with Crippen molar-refractivity contribution >= 4 is 11.8 Å². The van der Waals surface area contributed by atoms with Crippen LogP contribution >= 0.6 is 0 Å². The molecule has 0 saturated carbocycles. The van der Waals surface area contributed by atoms with Gasteiger partial charge < -0.3 is 4.90 Å². The molecule has 5 nitrogen and oxygen atoms in total. The highest BCUT2D eigenvalue weighted by Gasteiger charge is 2.21. The predicted molar refractivity (Wildman–Crippen MR) is 135 cm³/mol. The summed E-state index contributed by atoms with van der Waals surface area (Å²) in [5.74, 6) is 0.128. The number of unbranched alkanes of at least 4 members (excludes halogenated alkanes) is 13. The lowest BCUT2D eigenvalue weighted by Gasteiger charge is -2.29. The summed E-state index contributed by atoms with van der Waals surface area (Å²) in [6.07, 6.45) is 23.1. The van der Waals surface area contributed by atoms with E-state index in [9.17, 15) is 9.59 Å². The molecule has 0 aromatic heterocycles. The van der Waals surface area contributed by atoms with Gasteiger partial charge in [0, 0.05) is 25.9 Å². The van der Waals surface area contributed by atoms with Gasteiger partial charge in [0.2, 0.25) is 5.91 Å². The van der Waals surface area contributed by atoms with Crippen LogP contribution in [0.4, 0.5) is 0 Å². The molecular weight excluding hydrogens is 398 g/mol. The molecule has 0 atom stereocenters. The van der Waals surface area contributed by atoms with Gasteiger partial charge >= 0.3 is 0 Å². The molecule has 1 heterocycles. The number of likely N-dealkylation sites (tertiary alicyclic amines) is 1. The molecule has 1 N–H and O–H groups in total. The highest BCUT2D eigenvalue weighted by molar-refractivity contribution is 5.83. The Balaban J connectivity index is 1.94. The van der Waals surface area contributed by atoms with Gasteiger partial charge in [-0.25, -0.2) is 10.0 Å². The number of amides is 2. The summed E-state index contributed by atoms with van der Waals surface area (Å²) < 4.78 is 0.509. The lowest BCUT2D eigenvalue weighted by atomic mass is 10.0. The van der Waals surface area contributed by atoms with Gasteiger partial charge in [0.05, 0.1) is 14.1 Å². The van der Waals surface area contributed by atoms with Crippen LogP contribution in [0.3, 0.4) is 0 Å². The van der Waals surface area contributed by atoms with Crippen LogP contribution in [-0.4, -0.2) is 55.0 Å². The highest BCUT2D eigenvalue weighted by Crippen LogP contribution is 2.14. The van der Waals surface area contributed by atoms with Crippen LogP contribution in [0, 0.1) is 0 Å². The number of hydrogen-bond acceptors (Lipinski definition) is 2. The molecule has 2 amide bonds. The van der Waals surface area contributed by atoms with E-state index in [0.29, 0.717) is 17.4 Å². The van der Waals surface area contributed by atoms with Crippen molar-refractivity contribution in [3.05, 3.63) is 0 Å². The van der Waals surface area contributed by atoms with Crippen LogP contribution in [0.15, 0.2) is 0 Å². The quantitative estimate of drug-likeness (QED) is 0.141. The van der Waals surface area contributed by atoms with Crippen molar-refractivity contribution in [2.45, 2.75) is 129 Å². The largest absolute Gasteiger partial charge is 0.343 e. The zero-order valence-electron chi connectivity index (χ0n) is 21.8. The summed E-state index contributed by atoms with van der Waals surface area (Å²) in [7, 11) is 4.10. The Morgan fingerprint density at radius 2 is 1.16 bits per heavy atom. The molecule has 1 rings (SSSR count). The van der Waals surface area contributed by atoms with Crippen molar-refractivity contribution in [1.29, 1.82) is 0 Å². The maximum Gasteiger partial charge on any atom is 0.265 e. The summed E-state index contributed by atoms with van der Waals surface area (Å²) in [5, 5.41) is 0. The van der Waals surface area contributed by atoms with Crippen LogP contribution in [0.5, 0.6) is 0 Å². The second-order valence-corrected chi connectivity index (χ2v) is 10.5. The Morgan fingerprint density at radius 3 is 1.66 bits per heavy atom. The van der Waals surface area contributed by atoms with Crippen LogP contribution in [0.1, 0.15) is 129 Å². The Bertz CT molecular complexity index is 487. The van der Waals surface area contributed by atoms with Crippen molar-refractivity contribution in [3.8, 4) is 0 Å². The summed E-state index contributed by atoms with van der Waals surface area (Å²) in [4.78, 5) is 26.4. The monoisotopic (exact) mass is 452 g/mol. The van der Waals surface area contributed by atoms with E-state index in [4.69, 9.17) is 0 Å². The standard InChI is InChI=1S/C27H53N3O2/c1-4-5-6-7-8-9-10-11-12-13-14-15-16-20-25-30(2,3)28-26(31)21-22-27(32)29-23-18-17-19-24-29/h4-25H2,1-3H3/p+1. The first-order valence-corrected chi connectivity index (χ1v) is 13.9. The molecule has 0 bridgehead atoms. The number of hydrogen-bond donors (Lipinski definition) is 1. The second-order valence-electron chi connectivity index (χ2n) is 10.5. The van der Waals surface area contributed by atoms with E-state index in [0.717, 1.165) is 38.9 Å². The molecule has 1 saturated heterocycles. The van der Waals surface area contributed by atoms with Crippen molar-refractivity contribution in [2.75, 3.05) is 33.7 Å². The molecule has 1 aliphatic heterocycles. The van der Waals surface area contributed by atoms with E-state index < -0.39 is 0 Å². The first-order chi connectivity index (χ1) is 15.4. The van der Waals surface area contributed by atoms with Crippen LogP contribution in [0.2, 0.25) is 0 Å². The van der Waals surface area contributed by atoms with Crippen molar-refractivity contribution < 1.29 is 14.2 Å². The third kappa shape index (κ3) is 15.7. The molecule has 1 fully saturated rings. The van der Waals surface area contributed by atoms with Crippen LogP contribution < -0.4 is 5.43 Å². The minimum absolute atomic E-state index is 0.00859. The fourth-order valence-electron chi connectivity index (χ4n) is 4.67. The summed E-state index contributed by atoms with van der Waals surface area (Å²) in [5.41, 5.74) is 3.09. The first kappa shape index (κ1) is 28.9. The lowest BCUT2D eigenvalue weighted by Crippen LogP contribution is -2.55. The molecule has 188 valence electrons. The minimum atomic E-state index is -0.00859. The number of carbonyl (C=O) groups excluding carboxylic acids is 2. The molecule has 0 spiro atoms. The molecular formula is C27H54N3O2+. The van der Waals surface area contributed by atoms with Crippen molar-refractivity contribution in [2.24, 2.45) is 0 Å². The Morgan fingerprint density at radius 1 is 0.688 bits per heavy atom. The highest BCUT2D eigenvalue weighted by atomic mass is 16.2. The third-order valence-electron chi connectivity index (χ3n) is 6.77. The zero-order valence-corrected chi connectivity index (χ0v) is 21.8. The molecule has 0 radical (unpaired) electrons. The number of carbonyl (C=O) groups is 2. The fraction of sp³-hybridized carbons (Fsp3) is 0.926. The van der Waals surface area contributed by atoms with Crippen molar-refractivity contribution in [3.63, 3.8) is 0 Å². The summed E-state index contributed by atoms with van der Waals surface area (Å²) >= 11 is 0. The minimum Gasteiger partial charge on any atom is -0.343 e. The van der Waals surface area contributed by atoms with Gasteiger partial charge in [-0.05, 0) is 32.1 Å². The molecule has 1 aliphatic rings. The van der Waals surface area contributed by atoms with Gasteiger partial charge in [0.1, 0.15) is 6.54 Å². The average molecular weight is 453 g/mol. The Kier molecular flexibility index (Phi) is 16.6. The van der Waals surface area contributed by atoms with Gasteiger partial charge in [0.15, 0.2) is 0 Å². The van der Waals surface area contributed by atoms with Gasteiger partial charge in [-0.3, -0.25) is 9.59 Å². The normalized spacial score (nSPS) is 14.5. The molecule has 0 aromatic carbocycles. The number of piperidine rings is 1. The predicted octanol–water partition coefficient (Wildman–Crippen LogP) is 6.37. The number of quaternary nitrogens is 1. The van der Waals surface area contributed by atoms with Crippen molar-refractivity contribution in [1.82, 2.24) is 10.3 Å². The maximum atomic E-state index is 12.3. The van der Waals surface area contributed by atoms with E-state index in [2.05, 4.69) is 12.3 Å². The summed E-state index contributed by atoms with van der Waals surface area (Å²) in [6, 6.07) is 0. The lowest BCUT2D eigenvalue weighted by molar-refractivity contribution is -0.925. The molecule has 0 aromatic rings. The fourth-order valence-corrected chi connectivity index (χ4v) is 4.67. The van der Waals surface area contributed by atoms with Crippen LogP contribution in [-0.2, 0) is 9.59 Å². The molecule has 5 heteroatoms. The second kappa shape index (κ2) is 18.3. The third-order valence-corrected chi connectivity index (χ3v) is 6.77. The topological polar surface area (TPSA) is 49.4 Å². The number of rotatable bonds is 19. The van der Waals surface area contributed by atoms with Crippen LogP contribution in [0.25, 0.3) is 0 Å². The van der Waals surface area contributed by atoms with Gasteiger partial charge in [-0.15, -0.1) is 0 Å².